The van der Waals surface area contributed by atoms with Gasteiger partial charge in [-0.25, -0.2) is 8.78 Å². The lowest BCUT2D eigenvalue weighted by Gasteiger charge is -2.11. The molecule has 0 N–H and O–H groups in total. The molecule has 0 unspecified atom stereocenters. The van der Waals surface area contributed by atoms with Gasteiger partial charge in [0.2, 0.25) is 0 Å². The van der Waals surface area contributed by atoms with Gasteiger partial charge in [-0.05, 0) is 37.1 Å². The highest BCUT2D eigenvalue weighted by Crippen LogP contribution is 2.33. The molecule has 0 bridgehead atoms. The van der Waals surface area contributed by atoms with Crippen molar-refractivity contribution in [3.05, 3.63) is 61.6 Å². The van der Waals surface area contributed by atoms with E-state index in [1.807, 2.05) is 13.8 Å². The maximum atomic E-state index is 13.8. The zero-order valence-corrected chi connectivity index (χ0v) is 12.7. The lowest BCUT2D eigenvalue weighted by atomic mass is 10.1. The molecule has 0 aliphatic rings. The summed E-state index contributed by atoms with van der Waals surface area (Å²) in [6.07, 6.45) is 0. The van der Waals surface area contributed by atoms with Gasteiger partial charge in [-0.15, -0.1) is 0 Å². The first-order valence-corrected chi connectivity index (χ1v) is 6.67. The quantitative estimate of drug-likeness (QED) is 0.570. The van der Waals surface area contributed by atoms with Crippen molar-refractivity contribution in [3.8, 4) is 11.5 Å². The Morgan fingerprint density at radius 1 is 1.10 bits per heavy atom. The van der Waals surface area contributed by atoms with E-state index in [9.17, 15) is 18.9 Å². The van der Waals surface area contributed by atoms with E-state index >= 15 is 0 Å². The summed E-state index contributed by atoms with van der Waals surface area (Å²) < 4.78 is 33.6. The van der Waals surface area contributed by atoms with Gasteiger partial charge in [-0.1, -0.05) is 15.9 Å². The Hall–Kier alpha value is -2.02. The van der Waals surface area contributed by atoms with Crippen LogP contribution in [0.15, 0.2) is 28.7 Å². The summed E-state index contributed by atoms with van der Waals surface area (Å²) in [6, 6.07) is 4.46. The molecule has 4 nitrogen and oxygen atoms in total. The molecule has 0 aromatic heterocycles. The SMILES string of the molecule is Cc1cc(Oc2c(F)cc([N+](=O)[O-])cc2F)cc(C)c1Br. The highest BCUT2D eigenvalue weighted by molar-refractivity contribution is 9.10. The Bertz CT molecular complexity index is 688. The number of halogens is 3. The molecule has 0 fully saturated rings. The maximum absolute atomic E-state index is 13.8. The van der Waals surface area contributed by atoms with E-state index < -0.39 is 28.0 Å². The molecule has 0 radical (unpaired) electrons. The number of non-ortho nitro benzene ring substituents is 1. The predicted molar refractivity (Wildman–Crippen MR) is 76.7 cm³/mol. The maximum Gasteiger partial charge on any atom is 0.275 e. The minimum atomic E-state index is -1.13. The molecule has 0 aliphatic heterocycles. The standard InChI is InChI=1S/C14H10BrF2NO3/c1-7-3-10(4-8(2)13(7)15)21-14-11(16)5-9(18(19)20)6-12(14)17/h3-6H,1-2H3. The van der Waals surface area contributed by atoms with Crippen LogP contribution in [0.2, 0.25) is 0 Å². The minimum absolute atomic E-state index is 0.250. The van der Waals surface area contributed by atoms with Crippen LogP contribution in [0.25, 0.3) is 0 Å². The first-order valence-electron chi connectivity index (χ1n) is 5.87. The molecule has 110 valence electrons. The fourth-order valence-corrected chi connectivity index (χ4v) is 2.06. The Morgan fingerprint density at radius 2 is 1.57 bits per heavy atom. The molecule has 0 spiro atoms. The molecule has 0 atom stereocenters. The topological polar surface area (TPSA) is 52.4 Å². The first kappa shape index (κ1) is 15.4. The third kappa shape index (κ3) is 3.18. The smallest absolute Gasteiger partial charge is 0.275 e. The van der Waals surface area contributed by atoms with E-state index in [1.165, 1.54) is 0 Å². The number of aryl methyl sites for hydroxylation is 2. The largest absolute Gasteiger partial charge is 0.451 e. The number of rotatable bonds is 3. The van der Waals surface area contributed by atoms with Gasteiger partial charge in [0.25, 0.3) is 5.69 Å². The van der Waals surface area contributed by atoms with Gasteiger partial charge in [0.1, 0.15) is 5.75 Å². The molecule has 0 heterocycles. The van der Waals surface area contributed by atoms with Crippen LogP contribution in [0.4, 0.5) is 14.5 Å². The van der Waals surface area contributed by atoms with Crippen LogP contribution >= 0.6 is 15.9 Å². The van der Waals surface area contributed by atoms with Gasteiger partial charge in [0.15, 0.2) is 17.4 Å². The van der Waals surface area contributed by atoms with Crippen molar-refractivity contribution in [3.63, 3.8) is 0 Å². The highest BCUT2D eigenvalue weighted by atomic mass is 79.9. The molecule has 2 aromatic carbocycles. The van der Waals surface area contributed by atoms with E-state index in [0.29, 0.717) is 12.1 Å². The van der Waals surface area contributed by atoms with Gasteiger partial charge >= 0.3 is 0 Å². The molecule has 0 aliphatic carbocycles. The van der Waals surface area contributed by atoms with E-state index in [1.54, 1.807) is 12.1 Å². The first-order chi connectivity index (χ1) is 9.79. The van der Waals surface area contributed by atoms with Crippen molar-refractivity contribution in [2.75, 3.05) is 0 Å². The summed E-state index contributed by atoms with van der Waals surface area (Å²) in [4.78, 5) is 9.66. The number of nitrogens with zero attached hydrogens (tertiary/aromatic N) is 1. The van der Waals surface area contributed by atoms with Crippen molar-refractivity contribution in [2.24, 2.45) is 0 Å². The molecule has 0 saturated carbocycles. The van der Waals surface area contributed by atoms with E-state index in [4.69, 9.17) is 4.74 Å². The fourth-order valence-electron chi connectivity index (χ4n) is 1.83. The third-order valence-corrected chi connectivity index (χ3v) is 4.07. The molecule has 0 amide bonds. The molecular formula is C14H10BrF2NO3. The minimum Gasteiger partial charge on any atom is -0.451 e. The van der Waals surface area contributed by atoms with Crippen molar-refractivity contribution >= 4 is 21.6 Å². The van der Waals surface area contributed by atoms with Crippen molar-refractivity contribution in [1.29, 1.82) is 0 Å². The molecule has 2 aromatic rings. The number of hydrogen-bond donors (Lipinski definition) is 0. The highest BCUT2D eigenvalue weighted by Gasteiger charge is 2.19. The van der Waals surface area contributed by atoms with Crippen LogP contribution < -0.4 is 4.74 Å². The average molecular weight is 358 g/mol. The lowest BCUT2D eigenvalue weighted by molar-refractivity contribution is -0.385. The summed E-state index contributed by atoms with van der Waals surface area (Å²) in [5.74, 6) is -2.67. The number of ether oxygens (including phenoxy) is 1. The monoisotopic (exact) mass is 357 g/mol. The van der Waals surface area contributed by atoms with Gasteiger partial charge in [-0.3, -0.25) is 10.1 Å². The van der Waals surface area contributed by atoms with Crippen LogP contribution in [-0.2, 0) is 0 Å². The summed E-state index contributed by atoms with van der Waals surface area (Å²) in [5.41, 5.74) is 1.01. The zero-order chi connectivity index (χ0) is 15.7. The zero-order valence-electron chi connectivity index (χ0n) is 11.1. The molecular weight excluding hydrogens is 348 g/mol. The van der Waals surface area contributed by atoms with Crippen molar-refractivity contribution in [2.45, 2.75) is 13.8 Å². The van der Waals surface area contributed by atoms with Crippen molar-refractivity contribution in [1.82, 2.24) is 0 Å². The number of hydrogen-bond acceptors (Lipinski definition) is 3. The second kappa shape index (κ2) is 5.77. The van der Waals surface area contributed by atoms with Crippen LogP contribution in [0.5, 0.6) is 11.5 Å². The summed E-state index contributed by atoms with van der Waals surface area (Å²) >= 11 is 3.37. The number of benzene rings is 2. The number of nitro benzene ring substituents is 1. The second-order valence-electron chi connectivity index (χ2n) is 4.47. The predicted octanol–water partition coefficient (Wildman–Crippen LogP) is 5.04. The van der Waals surface area contributed by atoms with E-state index in [2.05, 4.69) is 15.9 Å². The van der Waals surface area contributed by atoms with E-state index in [-0.39, 0.29) is 5.75 Å². The van der Waals surface area contributed by atoms with Crippen LogP contribution in [0.3, 0.4) is 0 Å². The van der Waals surface area contributed by atoms with E-state index in [0.717, 1.165) is 15.6 Å². The van der Waals surface area contributed by atoms with Crippen LogP contribution in [0, 0.1) is 35.6 Å². The van der Waals surface area contributed by atoms with Crippen LogP contribution in [0.1, 0.15) is 11.1 Å². The molecule has 7 heteroatoms. The Labute approximate surface area is 127 Å². The summed E-state index contributed by atoms with van der Waals surface area (Å²) in [5, 5.41) is 10.5. The Balaban J connectivity index is 2.43. The second-order valence-corrected chi connectivity index (χ2v) is 5.26. The van der Waals surface area contributed by atoms with Gasteiger partial charge in [0, 0.05) is 4.47 Å². The third-order valence-electron chi connectivity index (χ3n) is 2.82. The van der Waals surface area contributed by atoms with Crippen molar-refractivity contribution < 1.29 is 18.4 Å². The molecule has 21 heavy (non-hydrogen) atoms. The normalized spacial score (nSPS) is 10.5. The number of nitro groups is 1. The fraction of sp³-hybridized carbons (Fsp3) is 0.143. The average Bonchev–Trinajstić information content (AvgIpc) is 2.39. The Kier molecular flexibility index (Phi) is 4.22. The summed E-state index contributed by atoms with van der Waals surface area (Å²) in [6.45, 7) is 3.62. The molecule has 2 rings (SSSR count). The van der Waals surface area contributed by atoms with Crippen LogP contribution in [-0.4, -0.2) is 4.92 Å². The summed E-state index contributed by atoms with van der Waals surface area (Å²) in [7, 11) is 0. The molecule has 0 saturated heterocycles. The van der Waals surface area contributed by atoms with Gasteiger partial charge < -0.3 is 4.74 Å². The van der Waals surface area contributed by atoms with Gasteiger partial charge in [0.05, 0.1) is 17.1 Å². The lowest BCUT2D eigenvalue weighted by Crippen LogP contribution is -1.97. The Morgan fingerprint density at radius 3 is 2.00 bits per heavy atom. The van der Waals surface area contributed by atoms with Gasteiger partial charge in [-0.2, -0.15) is 0 Å².